The molecule has 0 rings (SSSR count). The average Bonchev–Trinajstić information content (AvgIpc) is 3.12. The number of nitrogens with one attached hydrogen (secondary N) is 1. The summed E-state index contributed by atoms with van der Waals surface area (Å²) in [7, 11) is 7.47. The summed E-state index contributed by atoms with van der Waals surface area (Å²) in [6.45, 7) is 16.1. The molecule has 0 fully saturated rings. The summed E-state index contributed by atoms with van der Waals surface area (Å²) < 4.78 is 22.7. The minimum Gasteiger partial charge on any atom is -0.548 e. The molecule has 0 aliphatic carbocycles. The average molecular weight is 832 g/mol. The van der Waals surface area contributed by atoms with E-state index in [-0.39, 0.29) is 56.5 Å². The van der Waals surface area contributed by atoms with E-state index in [2.05, 4.69) is 32.1 Å². The monoisotopic (exact) mass is 832 g/mol. The molecular weight excluding hydrogens is 756 g/mol. The van der Waals surface area contributed by atoms with E-state index in [9.17, 15) is 43.8 Å². The van der Waals surface area contributed by atoms with Crippen LogP contribution < -0.4 is 21.3 Å². The van der Waals surface area contributed by atoms with Gasteiger partial charge in [-0.15, -0.1) is 0 Å². The number of nitrogens with zero attached hydrogens (tertiary/aromatic N) is 2. The van der Waals surface area contributed by atoms with Crippen molar-refractivity contribution in [3.8, 4) is 0 Å². The van der Waals surface area contributed by atoms with Gasteiger partial charge in [-0.05, 0) is 73.1 Å². The molecule has 4 N–H and O–H groups in total. The number of amides is 1. The third kappa shape index (κ3) is 18.0. The summed E-state index contributed by atoms with van der Waals surface area (Å²) in [6, 6.07) is -3.02. The Morgan fingerprint density at radius 2 is 1.05 bits per heavy atom. The van der Waals surface area contributed by atoms with Crippen LogP contribution in [0.1, 0.15) is 107 Å². The SMILES string of the molecule is CCCC[N+](C)(C)CCOC(=O)C(C)(C)CC(C)(CC)C(=O)OC[C@H](NC(=O)[C@@H]([NH3+])COC(=O)C(C)(CC)CC(C)(CC)C(=O)OCC[N+](C)(C)CC(=O)[O-])C(=O)[O-]. The second kappa shape index (κ2) is 23.1. The summed E-state index contributed by atoms with van der Waals surface area (Å²) in [5.41, 5.74) is -0.862. The quantitative estimate of drug-likeness (QED) is 0.0563. The van der Waals surface area contributed by atoms with Gasteiger partial charge in [0.05, 0.1) is 68.3 Å². The number of likely N-dealkylation sites (N-methyl/N-ethyl adjacent to an activating group) is 2. The van der Waals surface area contributed by atoms with Gasteiger partial charge in [0, 0.05) is 0 Å². The zero-order valence-electron chi connectivity index (χ0n) is 37.7. The summed E-state index contributed by atoms with van der Waals surface area (Å²) in [5.74, 6) is -6.36. The van der Waals surface area contributed by atoms with Gasteiger partial charge in [0.2, 0.25) is 0 Å². The summed E-state index contributed by atoms with van der Waals surface area (Å²) in [4.78, 5) is 89.0. The molecule has 0 spiro atoms. The lowest BCUT2D eigenvalue weighted by atomic mass is 9.70. The normalized spacial score (nSPS) is 16.3. The molecule has 0 aliphatic rings. The van der Waals surface area contributed by atoms with Crippen LogP contribution in [0.5, 0.6) is 0 Å². The first kappa shape index (κ1) is 54.2. The Morgan fingerprint density at radius 3 is 1.50 bits per heavy atom. The van der Waals surface area contributed by atoms with Crippen LogP contribution in [-0.2, 0) is 52.5 Å². The van der Waals surface area contributed by atoms with Gasteiger partial charge in [-0.2, -0.15) is 0 Å². The van der Waals surface area contributed by atoms with Crippen LogP contribution in [0.3, 0.4) is 0 Å². The number of quaternary nitrogens is 3. The van der Waals surface area contributed by atoms with Gasteiger partial charge in [0.1, 0.15) is 45.5 Å². The highest BCUT2D eigenvalue weighted by atomic mass is 16.5. The summed E-state index contributed by atoms with van der Waals surface area (Å²) in [5, 5.41) is 25.2. The second-order valence-electron chi connectivity index (χ2n) is 18.5. The molecule has 0 aromatic rings. The molecule has 0 aliphatic heterocycles. The van der Waals surface area contributed by atoms with Crippen LogP contribution in [0.2, 0.25) is 0 Å². The molecule has 58 heavy (non-hydrogen) atoms. The Kier molecular flexibility index (Phi) is 21.6. The first-order chi connectivity index (χ1) is 26.5. The molecule has 17 nitrogen and oxygen atoms in total. The van der Waals surface area contributed by atoms with Crippen LogP contribution in [0.15, 0.2) is 0 Å². The number of aliphatic carboxylic acids is 2. The fourth-order valence-electron chi connectivity index (χ4n) is 6.42. The van der Waals surface area contributed by atoms with Gasteiger partial charge in [-0.1, -0.05) is 34.1 Å². The van der Waals surface area contributed by atoms with Crippen molar-refractivity contribution >= 4 is 41.7 Å². The van der Waals surface area contributed by atoms with Crippen molar-refractivity contribution in [2.45, 2.75) is 119 Å². The van der Waals surface area contributed by atoms with Gasteiger partial charge in [0.15, 0.2) is 12.6 Å². The fourth-order valence-corrected chi connectivity index (χ4v) is 6.42. The highest BCUT2D eigenvalue weighted by Gasteiger charge is 2.46. The Labute approximate surface area is 345 Å². The molecule has 17 heteroatoms. The maximum Gasteiger partial charge on any atom is 0.312 e. The number of carboxylic acids is 2. The Morgan fingerprint density at radius 1 is 0.621 bits per heavy atom. The zero-order valence-corrected chi connectivity index (χ0v) is 37.7. The van der Waals surface area contributed by atoms with Crippen molar-refractivity contribution in [2.24, 2.45) is 21.7 Å². The molecule has 0 saturated heterocycles. The molecule has 0 radical (unpaired) electrons. The number of hydrogen-bond acceptors (Lipinski definition) is 13. The lowest BCUT2D eigenvalue weighted by Gasteiger charge is -2.36. The third-order valence-electron chi connectivity index (χ3n) is 11.3. The van der Waals surface area contributed by atoms with Crippen LogP contribution in [0.25, 0.3) is 0 Å². The van der Waals surface area contributed by atoms with Crippen molar-refractivity contribution in [3.05, 3.63) is 0 Å². The molecule has 5 atom stereocenters. The summed E-state index contributed by atoms with van der Waals surface area (Å²) in [6.07, 6.45) is 3.06. The standard InChI is InChI=1S/C41H74N4O13/c1-14-18-19-44(10,11)20-22-55-34(51)38(5,6)27-39(7,15-2)36(53)58-26-30(33(49)50)43-32(48)29(42)25-57-37(54)41(9,17-4)28-40(8,16-3)35(52)56-23-21-45(12,13)24-31(46)47/h29-30H,14-28,42H2,1-13H3,(H-2,43,46,47,48,49,50)/p+1/t29-,30-,39?,40?,41?/m0/s1. The first-order valence-electron chi connectivity index (χ1n) is 20.4. The van der Waals surface area contributed by atoms with Crippen LogP contribution in [0, 0.1) is 21.7 Å². The molecule has 336 valence electrons. The minimum atomic E-state index is -1.76. The summed E-state index contributed by atoms with van der Waals surface area (Å²) >= 11 is 0. The Bertz CT molecular complexity index is 1420. The van der Waals surface area contributed by atoms with E-state index < -0.39 is 88.7 Å². The predicted octanol–water partition coefficient (Wildman–Crippen LogP) is -0.237. The molecule has 1 amide bonds. The van der Waals surface area contributed by atoms with Crippen molar-refractivity contribution in [3.63, 3.8) is 0 Å². The number of carboxylic acid groups (broad SMARTS) is 2. The molecular formula is C41H75N4O13+. The highest BCUT2D eigenvalue weighted by molar-refractivity contribution is 5.86. The van der Waals surface area contributed by atoms with Gasteiger partial charge >= 0.3 is 23.9 Å². The lowest BCUT2D eigenvalue weighted by Crippen LogP contribution is -2.71. The van der Waals surface area contributed by atoms with Crippen molar-refractivity contribution < 1.29 is 77.4 Å². The Balaban J connectivity index is 5.43. The second-order valence-corrected chi connectivity index (χ2v) is 18.5. The Hall–Kier alpha value is -3.83. The van der Waals surface area contributed by atoms with Crippen LogP contribution >= 0.6 is 0 Å². The number of unbranched alkanes of at least 4 members (excludes halogenated alkanes) is 1. The van der Waals surface area contributed by atoms with E-state index in [0.29, 0.717) is 17.4 Å². The number of esters is 4. The van der Waals surface area contributed by atoms with Crippen molar-refractivity contribution in [2.75, 3.05) is 80.8 Å². The van der Waals surface area contributed by atoms with E-state index >= 15 is 0 Å². The number of ether oxygens (including phenoxy) is 4. The van der Waals surface area contributed by atoms with E-state index in [1.54, 1.807) is 69.5 Å². The maximum atomic E-state index is 13.4. The largest absolute Gasteiger partial charge is 0.548 e. The molecule has 0 aromatic carbocycles. The molecule has 0 saturated carbocycles. The number of rotatable bonds is 29. The molecule has 0 heterocycles. The van der Waals surface area contributed by atoms with Crippen LogP contribution in [0.4, 0.5) is 0 Å². The van der Waals surface area contributed by atoms with E-state index in [4.69, 9.17) is 18.9 Å². The number of carbonyl (C=O) groups excluding carboxylic acids is 7. The number of carbonyl (C=O) groups is 7. The molecule has 0 bridgehead atoms. The maximum absolute atomic E-state index is 13.4. The molecule has 0 aromatic heterocycles. The zero-order chi connectivity index (χ0) is 45.3. The van der Waals surface area contributed by atoms with Gasteiger partial charge in [-0.25, -0.2) is 0 Å². The topological polar surface area (TPSA) is 242 Å². The highest BCUT2D eigenvalue weighted by Crippen LogP contribution is 2.41. The predicted molar refractivity (Wildman–Crippen MR) is 209 cm³/mol. The molecule has 3 unspecified atom stereocenters. The fraction of sp³-hybridized carbons (Fsp3) is 0.829. The van der Waals surface area contributed by atoms with E-state index in [1.807, 2.05) is 0 Å². The first-order valence-corrected chi connectivity index (χ1v) is 20.4. The minimum absolute atomic E-state index is 0.0416. The van der Waals surface area contributed by atoms with E-state index in [1.165, 1.54) is 0 Å². The van der Waals surface area contributed by atoms with Gasteiger partial charge < -0.3 is 58.8 Å². The lowest BCUT2D eigenvalue weighted by molar-refractivity contribution is -0.890. The smallest absolute Gasteiger partial charge is 0.312 e. The van der Waals surface area contributed by atoms with Crippen LogP contribution in [-0.4, -0.2) is 144 Å². The van der Waals surface area contributed by atoms with Gasteiger partial charge in [-0.3, -0.25) is 24.0 Å². The van der Waals surface area contributed by atoms with Gasteiger partial charge in [0.25, 0.3) is 5.91 Å². The van der Waals surface area contributed by atoms with Crippen molar-refractivity contribution in [1.82, 2.24) is 5.32 Å². The van der Waals surface area contributed by atoms with Crippen molar-refractivity contribution in [1.29, 1.82) is 0 Å². The number of hydrogen-bond donors (Lipinski definition) is 2. The third-order valence-corrected chi connectivity index (χ3v) is 11.3. The van der Waals surface area contributed by atoms with E-state index in [0.717, 1.165) is 19.4 Å².